The van der Waals surface area contributed by atoms with Gasteiger partial charge in [0.05, 0.1) is 4.11 Å². The minimum Gasteiger partial charge on any atom is -0.460 e. The van der Waals surface area contributed by atoms with Crippen LogP contribution in [-0.4, -0.2) is 14.2 Å². The molecule has 2 aromatic carbocycles. The maximum Gasteiger partial charge on any atom is 0.313 e. The molecule has 0 aromatic heterocycles. The average molecular weight is 427 g/mol. The number of ketones is 1. The molecule has 8 heteroatoms. The Morgan fingerprint density at radius 2 is 1.84 bits per heavy atom. The minimum absolute atomic E-state index is 0.0880. The third-order valence-electron chi connectivity index (χ3n) is 3.18. The van der Waals surface area contributed by atoms with E-state index in [1.54, 1.807) is 24.3 Å². The Bertz CT molecular complexity index is 1080. The lowest BCUT2D eigenvalue weighted by atomic mass is 10.1. The van der Waals surface area contributed by atoms with Crippen LogP contribution in [0.4, 0.5) is 0 Å². The quantitative estimate of drug-likeness (QED) is 0.738. The van der Waals surface area contributed by atoms with Crippen LogP contribution in [0.2, 0.25) is 0 Å². The van der Waals surface area contributed by atoms with Crippen LogP contribution in [0.5, 0.6) is 0 Å². The van der Waals surface area contributed by atoms with Gasteiger partial charge >= 0.3 is 10.1 Å². The standard InChI is InChI=1S/C17H14BrNO5S/c18-13-9-5-4-8-12(13)15-14(20)16(17(19)23-15)24-25(21,22)10-11-6-2-1-3-7-11/h1-9,15H,10,19H2/i10D2,15D. The van der Waals surface area contributed by atoms with Crippen molar-refractivity contribution in [2.75, 3.05) is 0 Å². The van der Waals surface area contributed by atoms with Crippen molar-refractivity contribution in [3.63, 3.8) is 0 Å². The van der Waals surface area contributed by atoms with Gasteiger partial charge in [0.2, 0.25) is 17.4 Å². The van der Waals surface area contributed by atoms with Crippen LogP contribution >= 0.6 is 15.9 Å². The summed E-state index contributed by atoms with van der Waals surface area (Å²) in [5.74, 6) is -2.82. The van der Waals surface area contributed by atoms with E-state index in [1.807, 2.05) is 0 Å². The molecule has 130 valence electrons. The van der Waals surface area contributed by atoms with Crippen molar-refractivity contribution in [3.8, 4) is 0 Å². The summed E-state index contributed by atoms with van der Waals surface area (Å²) in [6, 6.07) is 13.3. The molecule has 0 bridgehead atoms. The first-order valence-electron chi connectivity index (χ1n) is 8.49. The zero-order valence-corrected chi connectivity index (χ0v) is 15.0. The van der Waals surface area contributed by atoms with E-state index in [2.05, 4.69) is 15.9 Å². The second-order valence-corrected chi connectivity index (χ2v) is 7.07. The van der Waals surface area contributed by atoms with Gasteiger partial charge in [0.1, 0.15) is 5.70 Å². The Hall–Kier alpha value is -2.32. The summed E-state index contributed by atoms with van der Waals surface area (Å²) in [5, 5.41) is 0. The van der Waals surface area contributed by atoms with E-state index in [9.17, 15) is 13.2 Å². The van der Waals surface area contributed by atoms with Crippen molar-refractivity contribution in [2.45, 2.75) is 11.8 Å². The van der Waals surface area contributed by atoms with Gasteiger partial charge in [-0.2, -0.15) is 8.42 Å². The number of Topliss-reactive ketones (excluding diaryl/α,β-unsaturated/α-hetero) is 1. The predicted molar refractivity (Wildman–Crippen MR) is 94.3 cm³/mol. The first kappa shape index (κ1) is 13.9. The summed E-state index contributed by atoms with van der Waals surface area (Å²) >= 11 is 3.20. The van der Waals surface area contributed by atoms with Gasteiger partial charge in [-0.25, -0.2) is 0 Å². The van der Waals surface area contributed by atoms with E-state index in [-0.39, 0.29) is 11.1 Å². The van der Waals surface area contributed by atoms with Gasteiger partial charge < -0.3 is 14.7 Å². The highest BCUT2D eigenvalue weighted by Gasteiger charge is 2.40. The number of carbonyl (C=O) groups is 1. The van der Waals surface area contributed by atoms with E-state index in [4.69, 9.17) is 18.8 Å². The molecule has 3 rings (SSSR count). The van der Waals surface area contributed by atoms with Gasteiger partial charge in [-0.15, -0.1) is 0 Å². The molecule has 0 amide bonds. The predicted octanol–water partition coefficient (Wildman–Crippen LogP) is 2.76. The summed E-state index contributed by atoms with van der Waals surface area (Å²) in [5.41, 5.74) is 2.54. The van der Waals surface area contributed by atoms with Crippen LogP contribution in [0.15, 0.2) is 70.7 Å². The van der Waals surface area contributed by atoms with Crippen molar-refractivity contribution in [2.24, 2.45) is 5.73 Å². The molecule has 1 aliphatic rings. The number of hydrogen-bond acceptors (Lipinski definition) is 6. The van der Waals surface area contributed by atoms with Crippen molar-refractivity contribution < 1.29 is 26.2 Å². The molecule has 0 saturated carbocycles. The molecule has 0 radical (unpaired) electrons. The summed E-state index contributed by atoms with van der Waals surface area (Å²) < 4.78 is 59.6. The number of benzene rings is 2. The van der Waals surface area contributed by atoms with Crippen LogP contribution in [0.1, 0.15) is 21.3 Å². The normalized spacial score (nSPS) is 22.8. The molecule has 0 aliphatic carbocycles. The Morgan fingerprint density at radius 3 is 2.52 bits per heavy atom. The molecule has 6 nitrogen and oxygen atoms in total. The molecular formula is C17H14BrNO5S. The average Bonchev–Trinajstić information content (AvgIpc) is 2.86. The number of carbonyl (C=O) groups excluding carboxylic acids is 1. The lowest BCUT2D eigenvalue weighted by molar-refractivity contribution is -0.123. The van der Waals surface area contributed by atoms with Crippen LogP contribution < -0.4 is 5.73 Å². The highest BCUT2D eigenvalue weighted by molar-refractivity contribution is 9.10. The van der Waals surface area contributed by atoms with E-state index in [1.165, 1.54) is 30.3 Å². The van der Waals surface area contributed by atoms with E-state index >= 15 is 0 Å². The van der Waals surface area contributed by atoms with E-state index in [0.29, 0.717) is 4.47 Å². The Morgan fingerprint density at radius 1 is 1.20 bits per heavy atom. The highest BCUT2D eigenvalue weighted by Crippen LogP contribution is 2.35. The highest BCUT2D eigenvalue weighted by atomic mass is 79.9. The summed E-state index contributed by atoms with van der Waals surface area (Å²) in [7, 11) is -5.01. The maximum atomic E-state index is 12.7. The second-order valence-electron chi connectivity index (χ2n) is 4.94. The molecule has 0 saturated heterocycles. The largest absolute Gasteiger partial charge is 0.460 e. The van der Waals surface area contributed by atoms with E-state index in [0.717, 1.165) is 0 Å². The number of rotatable bonds is 5. The third kappa shape index (κ3) is 3.85. The van der Waals surface area contributed by atoms with Gasteiger partial charge in [-0.3, -0.25) is 4.79 Å². The van der Waals surface area contributed by atoms with E-state index < -0.39 is 39.3 Å². The Kier molecular flexibility index (Phi) is 3.84. The SMILES string of the molecule is [2H]C1(c2ccccc2Br)OC(N)=C(OS(=O)(=O)C([2H])([2H])c2ccccc2)C1=O. The number of ether oxygens (including phenoxy) is 1. The number of nitrogens with two attached hydrogens (primary N) is 1. The van der Waals surface area contributed by atoms with Gasteiger partial charge in [0.25, 0.3) is 0 Å². The van der Waals surface area contributed by atoms with Crippen molar-refractivity contribution in [1.82, 2.24) is 0 Å². The maximum absolute atomic E-state index is 12.7. The smallest absolute Gasteiger partial charge is 0.313 e. The zero-order chi connectivity index (χ0) is 20.7. The van der Waals surface area contributed by atoms with Crippen molar-refractivity contribution in [3.05, 3.63) is 81.8 Å². The van der Waals surface area contributed by atoms with Gasteiger partial charge in [0, 0.05) is 10.0 Å². The topological polar surface area (TPSA) is 95.7 Å². The molecule has 1 unspecified atom stereocenters. The minimum atomic E-state index is -5.01. The van der Waals surface area contributed by atoms with Gasteiger partial charge in [-0.1, -0.05) is 64.5 Å². The summed E-state index contributed by atoms with van der Waals surface area (Å²) in [6.45, 7) is 0. The summed E-state index contributed by atoms with van der Waals surface area (Å²) in [6.07, 6.45) is -2.37. The number of halogens is 1. The molecule has 2 N–H and O–H groups in total. The van der Waals surface area contributed by atoms with Crippen LogP contribution in [0.25, 0.3) is 0 Å². The molecule has 0 spiro atoms. The van der Waals surface area contributed by atoms with Crippen LogP contribution in [0.3, 0.4) is 0 Å². The Balaban J connectivity index is 1.96. The molecule has 1 atom stereocenters. The van der Waals surface area contributed by atoms with Gasteiger partial charge in [0.15, 0.2) is 6.08 Å². The van der Waals surface area contributed by atoms with Gasteiger partial charge in [-0.05, 0) is 11.6 Å². The number of hydrogen-bond donors (Lipinski definition) is 1. The lowest BCUT2D eigenvalue weighted by Crippen LogP contribution is -2.16. The monoisotopic (exact) mass is 426 g/mol. The fourth-order valence-electron chi connectivity index (χ4n) is 2.10. The van der Waals surface area contributed by atoms with Crippen molar-refractivity contribution >= 4 is 31.8 Å². The zero-order valence-electron chi connectivity index (χ0n) is 15.6. The third-order valence-corrected chi connectivity index (χ3v) is 4.74. The molecule has 1 heterocycles. The fraction of sp³-hybridized carbons (Fsp3) is 0.118. The summed E-state index contributed by atoms with van der Waals surface area (Å²) in [4.78, 5) is 12.7. The molecule has 0 fully saturated rings. The fourth-order valence-corrected chi connectivity index (χ4v) is 3.41. The first-order chi connectivity index (χ1) is 13.0. The van der Waals surface area contributed by atoms with Crippen LogP contribution in [0, 0.1) is 0 Å². The second kappa shape index (κ2) is 6.89. The van der Waals surface area contributed by atoms with Crippen LogP contribution in [-0.2, 0) is 29.5 Å². The first-order valence-corrected chi connectivity index (χ1v) is 9.19. The Labute approximate surface area is 157 Å². The molecular weight excluding hydrogens is 410 g/mol. The lowest BCUT2D eigenvalue weighted by Gasteiger charge is -2.11. The molecule has 25 heavy (non-hydrogen) atoms. The molecule has 2 aromatic rings. The van der Waals surface area contributed by atoms with Crippen molar-refractivity contribution in [1.29, 1.82) is 0 Å². The molecule has 1 aliphatic heterocycles.